The maximum atomic E-state index is 5.83. The highest BCUT2D eigenvalue weighted by atomic mass is 16.5. The average molecular weight is 355 g/mol. The molecule has 140 valence electrons. The fourth-order valence-corrected chi connectivity index (χ4v) is 3.58. The molecule has 1 unspecified atom stereocenters. The van der Waals surface area contributed by atoms with Crippen LogP contribution in [-0.4, -0.2) is 27.4 Å². The number of methoxy groups -OCH3 is 2. The number of ether oxygens (including phenoxy) is 3. The highest BCUT2D eigenvalue weighted by Crippen LogP contribution is 2.39. The van der Waals surface area contributed by atoms with Crippen LogP contribution in [0, 0.1) is 0 Å². The van der Waals surface area contributed by atoms with Crippen LogP contribution in [0.2, 0.25) is 0 Å². The lowest BCUT2D eigenvalue weighted by Gasteiger charge is -2.29. The molecule has 0 saturated carbocycles. The molecule has 0 radical (unpaired) electrons. The van der Waals surface area contributed by atoms with Crippen LogP contribution in [0.1, 0.15) is 48.9 Å². The third-order valence-corrected chi connectivity index (χ3v) is 4.95. The summed E-state index contributed by atoms with van der Waals surface area (Å²) in [5, 5.41) is 3.62. The molecule has 3 rings (SSSR count). The van der Waals surface area contributed by atoms with E-state index in [1.807, 2.05) is 6.07 Å². The molecule has 26 heavy (non-hydrogen) atoms. The molecule has 0 amide bonds. The fraction of sp³-hybridized carbons (Fsp3) is 0.455. The molecule has 1 aliphatic rings. The second kappa shape index (κ2) is 8.95. The van der Waals surface area contributed by atoms with Gasteiger partial charge in [-0.25, -0.2) is 0 Å². The van der Waals surface area contributed by atoms with Gasteiger partial charge in [-0.05, 0) is 42.2 Å². The van der Waals surface area contributed by atoms with Gasteiger partial charge in [0, 0.05) is 12.1 Å². The lowest BCUT2D eigenvalue weighted by molar-refractivity contribution is 0.306. The summed E-state index contributed by atoms with van der Waals surface area (Å²) >= 11 is 0. The lowest BCUT2D eigenvalue weighted by Crippen LogP contribution is -2.30. The number of hydrogen-bond acceptors (Lipinski definition) is 4. The SMILES string of the molecule is CCCCCOc1ccc(C2NCCc3c2ccc(OC)c3OC)cc1. The van der Waals surface area contributed by atoms with Crippen LogP contribution in [0.25, 0.3) is 0 Å². The van der Waals surface area contributed by atoms with Crippen molar-refractivity contribution in [2.75, 3.05) is 27.4 Å². The van der Waals surface area contributed by atoms with E-state index in [2.05, 4.69) is 42.6 Å². The van der Waals surface area contributed by atoms with E-state index in [9.17, 15) is 0 Å². The second-order valence-corrected chi connectivity index (χ2v) is 6.63. The van der Waals surface area contributed by atoms with Gasteiger partial charge in [0.15, 0.2) is 11.5 Å². The Kier molecular flexibility index (Phi) is 6.40. The van der Waals surface area contributed by atoms with E-state index in [0.29, 0.717) is 0 Å². The van der Waals surface area contributed by atoms with Gasteiger partial charge >= 0.3 is 0 Å². The summed E-state index contributed by atoms with van der Waals surface area (Å²) in [6.07, 6.45) is 4.47. The minimum Gasteiger partial charge on any atom is -0.494 e. The van der Waals surface area contributed by atoms with Crippen molar-refractivity contribution in [3.05, 3.63) is 53.1 Å². The molecule has 0 spiro atoms. The number of rotatable bonds is 8. The molecule has 0 aliphatic carbocycles. The van der Waals surface area contributed by atoms with E-state index in [0.717, 1.165) is 43.2 Å². The van der Waals surface area contributed by atoms with Crippen molar-refractivity contribution in [2.45, 2.75) is 38.6 Å². The Hall–Kier alpha value is -2.20. The van der Waals surface area contributed by atoms with Crippen LogP contribution < -0.4 is 19.5 Å². The minimum atomic E-state index is 0.160. The summed E-state index contributed by atoms with van der Waals surface area (Å²) in [5.41, 5.74) is 3.72. The number of hydrogen-bond donors (Lipinski definition) is 1. The van der Waals surface area contributed by atoms with E-state index >= 15 is 0 Å². The van der Waals surface area contributed by atoms with E-state index < -0.39 is 0 Å². The Balaban J connectivity index is 1.79. The van der Waals surface area contributed by atoms with E-state index in [1.54, 1.807) is 14.2 Å². The van der Waals surface area contributed by atoms with Gasteiger partial charge in [-0.1, -0.05) is 38.0 Å². The molecule has 1 N–H and O–H groups in total. The number of benzene rings is 2. The number of fused-ring (bicyclic) bond motifs is 1. The normalized spacial score (nSPS) is 16.0. The second-order valence-electron chi connectivity index (χ2n) is 6.63. The van der Waals surface area contributed by atoms with Crippen LogP contribution in [0.15, 0.2) is 36.4 Å². The molecule has 2 aromatic rings. The Labute approximate surface area is 156 Å². The van der Waals surface area contributed by atoms with Gasteiger partial charge < -0.3 is 19.5 Å². The summed E-state index contributed by atoms with van der Waals surface area (Å²) in [5.74, 6) is 2.59. The summed E-state index contributed by atoms with van der Waals surface area (Å²) in [6, 6.07) is 12.7. The average Bonchev–Trinajstić information content (AvgIpc) is 2.70. The third kappa shape index (κ3) is 3.96. The van der Waals surface area contributed by atoms with Crippen molar-refractivity contribution < 1.29 is 14.2 Å². The van der Waals surface area contributed by atoms with Crippen molar-refractivity contribution >= 4 is 0 Å². The zero-order chi connectivity index (χ0) is 18.4. The van der Waals surface area contributed by atoms with Gasteiger partial charge in [-0.3, -0.25) is 0 Å². The van der Waals surface area contributed by atoms with Gasteiger partial charge in [0.25, 0.3) is 0 Å². The fourth-order valence-electron chi connectivity index (χ4n) is 3.58. The molecule has 0 saturated heterocycles. The zero-order valence-corrected chi connectivity index (χ0v) is 16.0. The first kappa shape index (κ1) is 18.6. The van der Waals surface area contributed by atoms with Crippen LogP contribution in [0.5, 0.6) is 17.2 Å². The molecule has 0 bridgehead atoms. The van der Waals surface area contributed by atoms with Crippen LogP contribution in [0.3, 0.4) is 0 Å². The Morgan fingerprint density at radius 3 is 2.50 bits per heavy atom. The van der Waals surface area contributed by atoms with Crippen molar-refractivity contribution in [3.8, 4) is 17.2 Å². The van der Waals surface area contributed by atoms with Gasteiger partial charge in [-0.15, -0.1) is 0 Å². The number of unbranched alkanes of at least 4 members (excludes halogenated alkanes) is 2. The van der Waals surface area contributed by atoms with Gasteiger partial charge in [-0.2, -0.15) is 0 Å². The highest BCUT2D eigenvalue weighted by Gasteiger charge is 2.25. The van der Waals surface area contributed by atoms with E-state index in [1.165, 1.54) is 29.5 Å². The first-order valence-electron chi connectivity index (χ1n) is 9.48. The molecule has 2 aromatic carbocycles. The van der Waals surface area contributed by atoms with Crippen molar-refractivity contribution in [3.63, 3.8) is 0 Å². The largest absolute Gasteiger partial charge is 0.494 e. The maximum absolute atomic E-state index is 5.83. The maximum Gasteiger partial charge on any atom is 0.164 e. The Morgan fingerprint density at radius 1 is 1.00 bits per heavy atom. The Bertz CT molecular complexity index is 712. The lowest BCUT2D eigenvalue weighted by atomic mass is 9.89. The monoisotopic (exact) mass is 355 g/mol. The predicted octanol–water partition coefficient (Wildman–Crippen LogP) is 4.51. The zero-order valence-electron chi connectivity index (χ0n) is 16.0. The molecular weight excluding hydrogens is 326 g/mol. The minimum absolute atomic E-state index is 0.160. The quantitative estimate of drug-likeness (QED) is 0.707. The van der Waals surface area contributed by atoms with E-state index in [-0.39, 0.29) is 6.04 Å². The van der Waals surface area contributed by atoms with E-state index in [4.69, 9.17) is 14.2 Å². The summed E-state index contributed by atoms with van der Waals surface area (Å²) in [6.45, 7) is 3.90. The van der Waals surface area contributed by atoms with Crippen LogP contribution >= 0.6 is 0 Å². The van der Waals surface area contributed by atoms with Crippen LogP contribution in [-0.2, 0) is 6.42 Å². The van der Waals surface area contributed by atoms with Gasteiger partial charge in [0.05, 0.1) is 26.9 Å². The smallest absolute Gasteiger partial charge is 0.164 e. The van der Waals surface area contributed by atoms with Gasteiger partial charge in [0.1, 0.15) is 5.75 Å². The molecule has 1 atom stereocenters. The molecular formula is C22H29NO3. The predicted molar refractivity (Wildman–Crippen MR) is 105 cm³/mol. The number of nitrogens with one attached hydrogen (secondary N) is 1. The topological polar surface area (TPSA) is 39.7 Å². The molecule has 4 heteroatoms. The summed E-state index contributed by atoms with van der Waals surface area (Å²) in [7, 11) is 3.39. The summed E-state index contributed by atoms with van der Waals surface area (Å²) in [4.78, 5) is 0. The first-order chi connectivity index (χ1) is 12.8. The van der Waals surface area contributed by atoms with Gasteiger partial charge in [0.2, 0.25) is 0 Å². The first-order valence-corrected chi connectivity index (χ1v) is 9.48. The molecule has 1 aliphatic heterocycles. The standard InChI is InChI=1S/C22H29NO3/c1-4-5-6-15-26-17-9-7-16(8-10-17)21-18-11-12-20(24-2)22(25-3)19(18)13-14-23-21/h7-12,21,23H,4-6,13-15H2,1-3H3. The molecule has 0 fully saturated rings. The molecule has 1 heterocycles. The third-order valence-electron chi connectivity index (χ3n) is 4.95. The summed E-state index contributed by atoms with van der Waals surface area (Å²) < 4.78 is 16.9. The Morgan fingerprint density at radius 2 is 1.81 bits per heavy atom. The highest BCUT2D eigenvalue weighted by molar-refractivity contribution is 5.54. The van der Waals surface area contributed by atoms with Crippen molar-refractivity contribution in [2.24, 2.45) is 0 Å². The van der Waals surface area contributed by atoms with Crippen molar-refractivity contribution in [1.82, 2.24) is 5.32 Å². The molecule has 4 nitrogen and oxygen atoms in total. The van der Waals surface area contributed by atoms with Crippen LogP contribution in [0.4, 0.5) is 0 Å². The molecule has 0 aromatic heterocycles. The van der Waals surface area contributed by atoms with Crippen molar-refractivity contribution in [1.29, 1.82) is 0 Å².